The van der Waals surface area contributed by atoms with Gasteiger partial charge in [0.05, 0.1) is 25.4 Å². The number of hydrogen-bond acceptors (Lipinski definition) is 2. The first-order chi connectivity index (χ1) is 9.35. The smallest absolute Gasteiger partial charge is 0.0798 e. The van der Waals surface area contributed by atoms with E-state index >= 15 is 0 Å². The summed E-state index contributed by atoms with van der Waals surface area (Å²) in [7, 11) is 0. The lowest BCUT2D eigenvalue weighted by Gasteiger charge is -2.40. The van der Waals surface area contributed by atoms with Gasteiger partial charge in [0.1, 0.15) is 0 Å². The van der Waals surface area contributed by atoms with Crippen molar-refractivity contribution in [3.8, 4) is 0 Å². The second-order valence-corrected chi connectivity index (χ2v) is 5.66. The molecule has 2 bridgehead atoms. The fourth-order valence-corrected chi connectivity index (χ4v) is 3.99. The molecule has 3 aliphatic rings. The Morgan fingerprint density at radius 1 is 0.842 bits per heavy atom. The molecule has 0 spiro atoms. The molecule has 0 radical (unpaired) electrons. The Labute approximate surface area is 115 Å². The zero-order valence-electron chi connectivity index (χ0n) is 11.3. The van der Waals surface area contributed by atoms with E-state index in [0.717, 1.165) is 0 Å². The molecule has 0 aromatic carbocycles. The van der Waals surface area contributed by atoms with Crippen LogP contribution in [-0.4, -0.2) is 25.4 Å². The van der Waals surface area contributed by atoms with Crippen LogP contribution in [0.25, 0.3) is 0 Å². The van der Waals surface area contributed by atoms with Gasteiger partial charge in [-0.25, -0.2) is 0 Å². The highest BCUT2D eigenvalue weighted by molar-refractivity contribution is 5.23. The lowest BCUT2D eigenvalue weighted by molar-refractivity contribution is -0.0299. The van der Waals surface area contributed by atoms with E-state index in [1.54, 1.807) is 0 Å². The first-order valence-electron chi connectivity index (χ1n) is 7.16. The first-order valence-corrected chi connectivity index (χ1v) is 7.16. The lowest BCUT2D eigenvalue weighted by Crippen LogP contribution is -2.42. The van der Waals surface area contributed by atoms with E-state index in [1.807, 2.05) is 12.2 Å². The van der Waals surface area contributed by atoms with Gasteiger partial charge in [0.25, 0.3) is 0 Å². The van der Waals surface area contributed by atoms with Crippen LogP contribution in [0, 0.1) is 23.7 Å². The van der Waals surface area contributed by atoms with Gasteiger partial charge in [-0.1, -0.05) is 36.5 Å². The maximum Gasteiger partial charge on any atom is 0.0798 e. The molecule has 0 amide bonds. The fraction of sp³-hybridized carbons (Fsp3) is 0.529. The highest BCUT2D eigenvalue weighted by Crippen LogP contribution is 2.53. The number of rotatable bonds is 6. The number of fused-ring (bicyclic) bond motifs is 5. The van der Waals surface area contributed by atoms with Crippen LogP contribution in [0.2, 0.25) is 0 Å². The molecule has 2 heteroatoms. The van der Waals surface area contributed by atoms with Gasteiger partial charge >= 0.3 is 0 Å². The van der Waals surface area contributed by atoms with E-state index in [4.69, 9.17) is 9.47 Å². The highest BCUT2D eigenvalue weighted by Gasteiger charge is 2.52. The summed E-state index contributed by atoms with van der Waals surface area (Å²) in [6, 6.07) is 0. The van der Waals surface area contributed by atoms with Gasteiger partial charge in [-0.05, 0) is 18.3 Å². The summed E-state index contributed by atoms with van der Waals surface area (Å²) in [6.07, 6.45) is 14.5. The van der Waals surface area contributed by atoms with Crippen LogP contribution in [0.1, 0.15) is 6.42 Å². The summed E-state index contributed by atoms with van der Waals surface area (Å²) in [5.41, 5.74) is 0. The molecule has 19 heavy (non-hydrogen) atoms. The maximum absolute atomic E-state index is 5.94. The molecule has 0 saturated heterocycles. The third-order valence-corrected chi connectivity index (χ3v) is 4.65. The molecule has 6 atom stereocenters. The Kier molecular flexibility index (Phi) is 3.72. The SMILES string of the molecule is C=CCO[C@H]1C=C[C@@H](OCC=C)[C@@H]2[C@H]1[C@@H]1C=C[C@H]2C1. The second-order valence-electron chi connectivity index (χ2n) is 5.66. The van der Waals surface area contributed by atoms with Crippen molar-refractivity contribution in [3.05, 3.63) is 49.6 Å². The average Bonchev–Trinajstić information content (AvgIpc) is 3.05. The molecule has 0 N–H and O–H groups in total. The summed E-state index contributed by atoms with van der Waals surface area (Å²) in [6.45, 7) is 8.72. The Morgan fingerprint density at radius 3 is 1.74 bits per heavy atom. The molecular formula is C17H22O2. The Hall–Kier alpha value is -1.12. The summed E-state index contributed by atoms with van der Waals surface area (Å²) >= 11 is 0. The van der Waals surface area contributed by atoms with Crippen LogP contribution in [0.15, 0.2) is 49.6 Å². The van der Waals surface area contributed by atoms with Crippen molar-refractivity contribution < 1.29 is 9.47 Å². The van der Waals surface area contributed by atoms with Crippen molar-refractivity contribution in [1.82, 2.24) is 0 Å². The monoisotopic (exact) mass is 258 g/mol. The quantitative estimate of drug-likeness (QED) is 0.681. The lowest BCUT2D eigenvalue weighted by atomic mass is 9.73. The van der Waals surface area contributed by atoms with E-state index in [1.165, 1.54) is 6.42 Å². The fourth-order valence-electron chi connectivity index (χ4n) is 3.99. The van der Waals surface area contributed by atoms with Gasteiger partial charge in [-0.2, -0.15) is 0 Å². The van der Waals surface area contributed by atoms with Crippen molar-refractivity contribution in [1.29, 1.82) is 0 Å². The van der Waals surface area contributed by atoms with E-state index in [0.29, 0.717) is 36.9 Å². The van der Waals surface area contributed by atoms with Crippen molar-refractivity contribution in [2.45, 2.75) is 18.6 Å². The van der Waals surface area contributed by atoms with Gasteiger partial charge in [0.15, 0.2) is 0 Å². The summed E-state index contributed by atoms with van der Waals surface area (Å²) < 4.78 is 11.9. The standard InChI is InChI=1S/C17H22O2/c1-3-9-18-14-7-8-15(19-10-4-2)17-13-6-5-12(11-13)16(14)17/h3-8,12-17H,1-2,9-11H2/t12-,13+,14+,15-,16+,17-. The molecule has 1 saturated carbocycles. The topological polar surface area (TPSA) is 18.5 Å². The predicted molar refractivity (Wildman–Crippen MR) is 76.7 cm³/mol. The van der Waals surface area contributed by atoms with E-state index in [2.05, 4.69) is 37.5 Å². The van der Waals surface area contributed by atoms with E-state index < -0.39 is 0 Å². The molecule has 0 heterocycles. The Morgan fingerprint density at radius 2 is 1.32 bits per heavy atom. The van der Waals surface area contributed by atoms with Crippen LogP contribution in [0.3, 0.4) is 0 Å². The molecule has 0 aromatic rings. The van der Waals surface area contributed by atoms with Gasteiger partial charge in [-0.3, -0.25) is 0 Å². The van der Waals surface area contributed by atoms with Gasteiger partial charge < -0.3 is 9.47 Å². The molecule has 0 unspecified atom stereocenters. The van der Waals surface area contributed by atoms with Gasteiger partial charge in [0.2, 0.25) is 0 Å². The summed E-state index contributed by atoms with van der Waals surface area (Å²) in [5.74, 6) is 2.44. The van der Waals surface area contributed by atoms with Crippen molar-refractivity contribution >= 4 is 0 Å². The molecular weight excluding hydrogens is 236 g/mol. The molecule has 0 aromatic heterocycles. The van der Waals surface area contributed by atoms with Crippen molar-refractivity contribution in [2.75, 3.05) is 13.2 Å². The summed E-state index contributed by atoms with van der Waals surface area (Å²) in [5, 5.41) is 0. The number of hydrogen-bond donors (Lipinski definition) is 0. The minimum Gasteiger partial charge on any atom is -0.370 e. The second kappa shape index (κ2) is 5.48. The summed E-state index contributed by atoms with van der Waals surface area (Å²) in [4.78, 5) is 0. The van der Waals surface area contributed by atoms with Gasteiger partial charge in [-0.15, -0.1) is 13.2 Å². The molecule has 3 aliphatic carbocycles. The molecule has 102 valence electrons. The largest absolute Gasteiger partial charge is 0.370 e. The van der Waals surface area contributed by atoms with Crippen LogP contribution >= 0.6 is 0 Å². The zero-order valence-corrected chi connectivity index (χ0v) is 11.3. The molecule has 1 fully saturated rings. The van der Waals surface area contributed by atoms with Crippen molar-refractivity contribution in [3.63, 3.8) is 0 Å². The third kappa shape index (κ3) is 2.24. The Bertz CT molecular complexity index is 373. The van der Waals surface area contributed by atoms with E-state index in [9.17, 15) is 0 Å². The van der Waals surface area contributed by atoms with Crippen LogP contribution in [-0.2, 0) is 9.47 Å². The van der Waals surface area contributed by atoms with Crippen LogP contribution in [0.5, 0.6) is 0 Å². The normalized spacial score (nSPS) is 42.3. The number of ether oxygens (including phenoxy) is 2. The highest BCUT2D eigenvalue weighted by atomic mass is 16.5. The maximum atomic E-state index is 5.94. The molecule has 2 nitrogen and oxygen atoms in total. The number of allylic oxidation sites excluding steroid dienone is 2. The average molecular weight is 258 g/mol. The molecule has 0 aliphatic heterocycles. The van der Waals surface area contributed by atoms with Crippen molar-refractivity contribution in [2.24, 2.45) is 23.7 Å². The zero-order chi connectivity index (χ0) is 13.2. The van der Waals surface area contributed by atoms with Gasteiger partial charge in [0, 0.05) is 11.8 Å². The van der Waals surface area contributed by atoms with Crippen LogP contribution < -0.4 is 0 Å². The third-order valence-electron chi connectivity index (χ3n) is 4.65. The van der Waals surface area contributed by atoms with Crippen LogP contribution in [0.4, 0.5) is 0 Å². The molecule has 3 rings (SSSR count). The minimum atomic E-state index is 0.214. The van der Waals surface area contributed by atoms with E-state index in [-0.39, 0.29) is 12.2 Å². The first kappa shape index (κ1) is 12.9. The predicted octanol–water partition coefficient (Wildman–Crippen LogP) is 3.14. The minimum absolute atomic E-state index is 0.214. The Balaban J connectivity index is 1.78.